The Balaban J connectivity index is 1.48. The molecule has 1 aliphatic carbocycles. The molecule has 0 aliphatic heterocycles. The van der Waals surface area contributed by atoms with Crippen molar-refractivity contribution < 1.29 is 9.53 Å². The first-order valence-electron chi connectivity index (χ1n) is 11.5. The Hall–Kier alpha value is -2.86. The summed E-state index contributed by atoms with van der Waals surface area (Å²) in [6.45, 7) is 2.66. The highest BCUT2D eigenvalue weighted by Gasteiger charge is 2.20. The van der Waals surface area contributed by atoms with Crippen molar-refractivity contribution in [3.8, 4) is 17.0 Å². The second-order valence-corrected chi connectivity index (χ2v) is 9.12. The summed E-state index contributed by atoms with van der Waals surface area (Å²) in [4.78, 5) is 19.5. The quantitative estimate of drug-likeness (QED) is 0.411. The fourth-order valence-electron chi connectivity index (χ4n) is 4.28. The first-order valence-corrected chi connectivity index (χ1v) is 12.3. The Labute approximate surface area is 194 Å². The molecule has 0 atom stereocenters. The van der Waals surface area contributed by atoms with Crippen molar-refractivity contribution in [1.29, 1.82) is 0 Å². The minimum Gasteiger partial charge on any atom is -0.497 e. The molecule has 1 N–H and O–H groups in total. The molecule has 2 amide bonds. The van der Waals surface area contributed by atoms with Crippen LogP contribution in [0.2, 0.25) is 0 Å². The van der Waals surface area contributed by atoms with Crippen LogP contribution in [0.15, 0.2) is 53.9 Å². The van der Waals surface area contributed by atoms with Crippen molar-refractivity contribution in [2.45, 2.75) is 51.4 Å². The molecule has 32 heavy (non-hydrogen) atoms. The van der Waals surface area contributed by atoms with Crippen molar-refractivity contribution in [3.63, 3.8) is 0 Å². The van der Waals surface area contributed by atoms with E-state index in [0.717, 1.165) is 17.7 Å². The van der Waals surface area contributed by atoms with E-state index in [1.165, 1.54) is 49.0 Å². The van der Waals surface area contributed by atoms with Crippen LogP contribution < -0.4 is 15.0 Å². The van der Waals surface area contributed by atoms with E-state index in [4.69, 9.17) is 9.72 Å². The summed E-state index contributed by atoms with van der Waals surface area (Å²) in [7, 11) is 1.61. The standard InChI is InChI=1S/C26H31N3O2S/c1-3-16-29(25(30)27-22-10-7-11-23(17-22)31-2)26-28-24(18-32-26)21-14-12-20(13-15-21)19-8-5-4-6-9-19/h7,10-15,17-19H,3-6,8-9,16H2,1-2H3,(H,27,30). The van der Waals surface area contributed by atoms with Gasteiger partial charge in [0, 0.05) is 29.2 Å². The molecule has 3 aromatic rings. The van der Waals surface area contributed by atoms with E-state index >= 15 is 0 Å². The van der Waals surface area contributed by atoms with E-state index in [1.807, 2.05) is 29.6 Å². The van der Waals surface area contributed by atoms with Crippen molar-refractivity contribution in [1.82, 2.24) is 4.98 Å². The molecule has 0 bridgehead atoms. The Morgan fingerprint density at radius 1 is 1.16 bits per heavy atom. The SMILES string of the molecule is CCCN(C(=O)Nc1cccc(OC)c1)c1nc(-c2ccc(C3CCCCC3)cc2)cs1. The van der Waals surface area contributed by atoms with E-state index in [9.17, 15) is 4.79 Å². The zero-order valence-electron chi connectivity index (χ0n) is 18.8. The molecule has 1 aromatic heterocycles. The molecule has 1 aliphatic rings. The van der Waals surface area contributed by atoms with Crippen LogP contribution in [0.5, 0.6) is 5.75 Å². The number of ether oxygens (including phenoxy) is 1. The van der Waals surface area contributed by atoms with Gasteiger partial charge in [0.1, 0.15) is 5.75 Å². The number of urea groups is 1. The summed E-state index contributed by atoms with van der Waals surface area (Å²) in [6.07, 6.45) is 7.50. The van der Waals surface area contributed by atoms with E-state index in [1.54, 1.807) is 12.0 Å². The highest BCUT2D eigenvalue weighted by atomic mass is 32.1. The van der Waals surface area contributed by atoms with Gasteiger partial charge in [-0.2, -0.15) is 0 Å². The lowest BCUT2D eigenvalue weighted by Gasteiger charge is -2.22. The molecule has 6 heteroatoms. The van der Waals surface area contributed by atoms with Gasteiger partial charge in [0.25, 0.3) is 0 Å². The molecule has 168 valence electrons. The number of carbonyl (C=O) groups excluding carboxylic acids is 1. The fraction of sp³-hybridized carbons (Fsp3) is 0.385. The van der Waals surface area contributed by atoms with Crippen LogP contribution in [0, 0.1) is 0 Å². The third kappa shape index (κ3) is 5.30. The van der Waals surface area contributed by atoms with Gasteiger partial charge in [-0.3, -0.25) is 4.90 Å². The van der Waals surface area contributed by atoms with Crippen molar-refractivity contribution in [3.05, 3.63) is 59.5 Å². The third-order valence-electron chi connectivity index (χ3n) is 6.02. The number of hydrogen-bond donors (Lipinski definition) is 1. The van der Waals surface area contributed by atoms with Gasteiger partial charge in [-0.15, -0.1) is 11.3 Å². The summed E-state index contributed by atoms with van der Waals surface area (Å²) in [6, 6.07) is 16.0. The molecular formula is C26H31N3O2S. The molecule has 0 saturated heterocycles. The second kappa shape index (κ2) is 10.6. The highest BCUT2D eigenvalue weighted by molar-refractivity contribution is 7.14. The van der Waals surface area contributed by atoms with Crippen LogP contribution in [0.1, 0.15) is 56.9 Å². The zero-order valence-corrected chi connectivity index (χ0v) is 19.7. The number of nitrogens with zero attached hydrogens (tertiary/aromatic N) is 2. The molecule has 4 rings (SSSR count). The van der Waals surface area contributed by atoms with Crippen LogP contribution in [0.4, 0.5) is 15.6 Å². The van der Waals surface area contributed by atoms with Gasteiger partial charge in [0.15, 0.2) is 5.13 Å². The summed E-state index contributed by atoms with van der Waals surface area (Å²) in [5, 5.41) is 5.71. The van der Waals surface area contributed by atoms with Crippen molar-refractivity contribution in [2.75, 3.05) is 23.9 Å². The first kappa shape index (κ1) is 22.3. The Kier molecular flexibility index (Phi) is 7.43. The largest absolute Gasteiger partial charge is 0.497 e. The van der Waals surface area contributed by atoms with E-state index in [2.05, 4.69) is 36.5 Å². The number of nitrogens with one attached hydrogen (secondary N) is 1. The molecule has 1 heterocycles. The second-order valence-electron chi connectivity index (χ2n) is 8.29. The van der Waals surface area contributed by atoms with Crippen molar-refractivity contribution in [2.24, 2.45) is 0 Å². The molecule has 1 fully saturated rings. The number of amides is 2. The summed E-state index contributed by atoms with van der Waals surface area (Å²) < 4.78 is 5.25. The third-order valence-corrected chi connectivity index (χ3v) is 6.88. The zero-order chi connectivity index (χ0) is 22.3. The number of rotatable bonds is 7. The Morgan fingerprint density at radius 2 is 1.94 bits per heavy atom. The molecule has 0 radical (unpaired) electrons. The molecule has 2 aromatic carbocycles. The topological polar surface area (TPSA) is 54.5 Å². The van der Waals surface area contributed by atoms with Crippen LogP contribution in [-0.2, 0) is 0 Å². The molecular weight excluding hydrogens is 418 g/mol. The van der Waals surface area contributed by atoms with E-state index in [0.29, 0.717) is 29.0 Å². The lowest BCUT2D eigenvalue weighted by molar-refractivity contribution is 0.257. The highest BCUT2D eigenvalue weighted by Crippen LogP contribution is 2.34. The number of aromatic nitrogens is 1. The van der Waals surface area contributed by atoms with Gasteiger partial charge in [-0.1, -0.05) is 56.5 Å². The number of anilines is 2. The molecule has 1 saturated carbocycles. The van der Waals surface area contributed by atoms with Crippen LogP contribution in [0.3, 0.4) is 0 Å². The lowest BCUT2D eigenvalue weighted by atomic mass is 9.84. The maximum absolute atomic E-state index is 13.0. The fourth-order valence-corrected chi connectivity index (χ4v) is 5.14. The van der Waals surface area contributed by atoms with Gasteiger partial charge in [0.05, 0.1) is 12.8 Å². The Bertz CT molecular complexity index is 1030. The average molecular weight is 450 g/mol. The molecule has 0 unspecified atom stereocenters. The number of methoxy groups -OCH3 is 1. The summed E-state index contributed by atoms with van der Waals surface area (Å²) >= 11 is 1.50. The van der Waals surface area contributed by atoms with Crippen LogP contribution in [0.25, 0.3) is 11.3 Å². The normalized spacial score (nSPS) is 14.2. The van der Waals surface area contributed by atoms with Gasteiger partial charge >= 0.3 is 6.03 Å². The molecule has 0 spiro atoms. The van der Waals surface area contributed by atoms with Gasteiger partial charge in [0.2, 0.25) is 0 Å². The maximum atomic E-state index is 13.0. The van der Waals surface area contributed by atoms with Gasteiger partial charge in [-0.05, 0) is 42.9 Å². The van der Waals surface area contributed by atoms with Crippen LogP contribution >= 0.6 is 11.3 Å². The molecule has 5 nitrogen and oxygen atoms in total. The number of carbonyl (C=O) groups is 1. The smallest absolute Gasteiger partial charge is 0.328 e. The van der Waals surface area contributed by atoms with Crippen LogP contribution in [-0.4, -0.2) is 24.7 Å². The minimum atomic E-state index is -0.186. The average Bonchev–Trinajstić information content (AvgIpc) is 3.33. The Morgan fingerprint density at radius 3 is 2.66 bits per heavy atom. The number of thiazole rings is 1. The number of hydrogen-bond acceptors (Lipinski definition) is 4. The summed E-state index contributed by atoms with van der Waals surface area (Å²) in [5.41, 5.74) is 4.15. The monoisotopic (exact) mass is 449 g/mol. The van der Waals surface area contributed by atoms with E-state index in [-0.39, 0.29) is 6.03 Å². The predicted molar refractivity (Wildman–Crippen MR) is 133 cm³/mol. The lowest BCUT2D eigenvalue weighted by Crippen LogP contribution is -2.35. The predicted octanol–water partition coefficient (Wildman–Crippen LogP) is 7.31. The minimum absolute atomic E-state index is 0.186. The first-order chi connectivity index (χ1) is 15.7. The maximum Gasteiger partial charge on any atom is 0.328 e. The number of benzene rings is 2. The van der Waals surface area contributed by atoms with E-state index < -0.39 is 0 Å². The van der Waals surface area contributed by atoms with Gasteiger partial charge in [-0.25, -0.2) is 9.78 Å². The van der Waals surface area contributed by atoms with Crippen molar-refractivity contribution >= 4 is 28.2 Å². The summed E-state index contributed by atoms with van der Waals surface area (Å²) in [5.74, 6) is 1.40. The van der Waals surface area contributed by atoms with Gasteiger partial charge < -0.3 is 10.1 Å².